The molecule has 2 aromatic heterocycles. The van der Waals surface area contributed by atoms with Crippen molar-refractivity contribution in [3.8, 4) is 10.4 Å². The summed E-state index contributed by atoms with van der Waals surface area (Å²) in [6.45, 7) is -0.717. The number of carbonyl (C=O) groups excluding carboxylic acids is 1. The van der Waals surface area contributed by atoms with Crippen molar-refractivity contribution in [2.24, 2.45) is 0 Å². The molecular weight excluding hydrogens is 523 g/mol. The predicted molar refractivity (Wildman–Crippen MR) is 128 cm³/mol. The maximum absolute atomic E-state index is 14.0. The Morgan fingerprint density at radius 3 is 2.28 bits per heavy atom. The van der Waals surface area contributed by atoms with Crippen LogP contribution in [0.15, 0.2) is 48.7 Å². The van der Waals surface area contributed by atoms with Gasteiger partial charge in [-0.15, -0.1) is 11.3 Å². The Hall–Kier alpha value is -3.84. The van der Waals surface area contributed by atoms with E-state index in [1.165, 1.54) is 30.7 Å². The van der Waals surface area contributed by atoms with Crippen LogP contribution in [0.25, 0.3) is 10.4 Å². The number of ether oxygens (including phenoxy) is 1. The molecule has 4 aromatic rings. The van der Waals surface area contributed by atoms with Gasteiger partial charge in [0.1, 0.15) is 5.00 Å². The first-order valence-corrected chi connectivity index (χ1v) is 11.3. The molecule has 6 nitrogen and oxygen atoms in total. The normalized spacial score (nSPS) is 10.8. The number of thiophene rings is 1. The number of nitrogens with zero attached hydrogens (tertiary/aromatic N) is 2. The number of rotatable bonds is 6. The summed E-state index contributed by atoms with van der Waals surface area (Å²) in [5.74, 6) is -10.6. The third kappa shape index (κ3) is 5.06. The van der Waals surface area contributed by atoms with Crippen LogP contribution in [0.4, 0.5) is 32.8 Å². The summed E-state index contributed by atoms with van der Waals surface area (Å²) in [5.41, 5.74) is 0.102. The monoisotopic (exact) mass is 538 g/mol. The van der Waals surface area contributed by atoms with Gasteiger partial charge in [-0.25, -0.2) is 26.7 Å². The second-order valence-corrected chi connectivity index (χ2v) is 8.70. The minimum Gasteiger partial charge on any atom is -0.465 e. The van der Waals surface area contributed by atoms with Crippen LogP contribution < -0.4 is 10.6 Å². The molecule has 0 aliphatic heterocycles. The van der Waals surface area contributed by atoms with Gasteiger partial charge in [-0.1, -0.05) is 30.3 Å². The highest BCUT2D eigenvalue weighted by Gasteiger charge is 2.26. The fourth-order valence-corrected chi connectivity index (χ4v) is 4.54. The second kappa shape index (κ2) is 10.4. The summed E-state index contributed by atoms with van der Waals surface area (Å²) in [7, 11) is 1.25. The van der Waals surface area contributed by atoms with E-state index in [-0.39, 0.29) is 16.5 Å². The Balaban J connectivity index is 1.50. The average molecular weight is 539 g/mol. The number of anilines is 2. The van der Waals surface area contributed by atoms with Crippen molar-refractivity contribution in [3.05, 3.63) is 88.9 Å². The molecule has 0 saturated carbocycles. The minimum atomic E-state index is -2.23. The van der Waals surface area contributed by atoms with E-state index in [2.05, 4.69) is 15.7 Å². The molecule has 0 saturated heterocycles. The van der Waals surface area contributed by atoms with Gasteiger partial charge >= 0.3 is 5.97 Å². The minimum absolute atomic E-state index is 0.0306. The number of esters is 1. The van der Waals surface area contributed by atoms with Crippen molar-refractivity contribution in [1.82, 2.24) is 9.78 Å². The maximum atomic E-state index is 14.0. The van der Waals surface area contributed by atoms with Crippen LogP contribution in [0.1, 0.15) is 15.9 Å². The lowest BCUT2D eigenvalue weighted by molar-refractivity contribution is 0.0602. The van der Waals surface area contributed by atoms with Gasteiger partial charge in [0.2, 0.25) is 5.82 Å². The van der Waals surface area contributed by atoms with Gasteiger partial charge in [-0.3, -0.25) is 4.68 Å². The zero-order valence-corrected chi connectivity index (χ0v) is 19.9. The smallest absolute Gasteiger partial charge is 0.340 e. The number of hydrogen-bond donors (Lipinski definition) is 2. The zero-order valence-electron chi connectivity index (χ0n) is 18.2. The molecule has 2 heterocycles. The zero-order chi connectivity index (χ0) is 26.0. The van der Waals surface area contributed by atoms with Gasteiger partial charge in [0.25, 0.3) is 0 Å². The summed E-state index contributed by atoms with van der Waals surface area (Å²) < 4.78 is 73.9. The van der Waals surface area contributed by atoms with E-state index < -0.39 is 47.2 Å². The van der Waals surface area contributed by atoms with E-state index in [4.69, 9.17) is 17.0 Å². The second-order valence-electron chi connectivity index (χ2n) is 7.24. The van der Waals surface area contributed by atoms with Crippen molar-refractivity contribution < 1.29 is 31.5 Å². The fraction of sp³-hybridized carbons (Fsp3) is 0.0870. The van der Waals surface area contributed by atoms with Crippen molar-refractivity contribution >= 4 is 45.5 Å². The van der Waals surface area contributed by atoms with E-state index in [0.717, 1.165) is 15.1 Å². The number of methoxy groups -OCH3 is 1. The SMILES string of the molecule is COC(=O)c1cc(-c2ccccc2)sc1NC(=S)Nc1ccn(Cc2c(F)c(F)c(F)c(F)c2F)n1. The molecule has 0 radical (unpaired) electrons. The summed E-state index contributed by atoms with van der Waals surface area (Å²) >= 11 is 6.54. The molecular formula is C23H15F5N4O2S2. The van der Waals surface area contributed by atoms with Gasteiger partial charge in [-0.2, -0.15) is 5.10 Å². The first kappa shape index (κ1) is 25.3. The molecule has 0 bridgehead atoms. The molecule has 0 atom stereocenters. The van der Waals surface area contributed by atoms with Crippen molar-refractivity contribution in [2.75, 3.05) is 17.7 Å². The van der Waals surface area contributed by atoms with Gasteiger partial charge in [0, 0.05) is 17.1 Å². The maximum Gasteiger partial charge on any atom is 0.340 e. The molecule has 36 heavy (non-hydrogen) atoms. The third-order valence-electron chi connectivity index (χ3n) is 4.93. The van der Waals surface area contributed by atoms with Crippen molar-refractivity contribution in [3.63, 3.8) is 0 Å². The number of thiocarbonyl (C=S) groups is 1. The molecule has 0 aliphatic rings. The molecule has 4 rings (SSSR count). The van der Waals surface area contributed by atoms with E-state index in [1.54, 1.807) is 6.07 Å². The molecule has 2 aromatic carbocycles. The molecule has 0 amide bonds. The highest BCUT2D eigenvalue weighted by molar-refractivity contribution is 7.80. The Morgan fingerprint density at radius 1 is 1.00 bits per heavy atom. The Kier molecular flexibility index (Phi) is 7.31. The van der Waals surface area contributed by atoms with E-state index in [9.17, 15) is 26.7 Å². The van der Waals surface area contributed by atoms with Gasteiger partial charge in [0.15, 0.2) is 34.2 Å². The van der Waals surface area contributed by atoms with Crippen LogP contribution in [0.3, 0.4) is 0 Å². The van der Waals surface area contributed by atoms with Crippen LogP contribution in [0.2, 0.25) is 0 Å². The third-order valence-corrected chi connectivity index (χ3v) is 6.23. The highest BCUT2D eigenvalue weighted by atomic mass is 32.1. The number of hydrogen-bond acceptors (Lipinski definition) is 5. The van der Waals surface area contributed by atoms with Crippen molar-refractivity contribution in [1.29, 1.82) is 0 Å². The Bertz CT molecular complexity index is 1430. The Morgan fingerprint density at radius 2 is 1.64 bits per heavy atom. The van der Waals surface area contributed by atoms with E-state index >= 15 is 0 Å². The average Bonchev–Trinajstić information content (AvgIpc) is 3.51. The van der Waals surface area contributed by atoms with Gasteiger partial charge < -0.3 is 15.4 Å². The lowest BCUT2D eigenvalue weighted by atomic mass is 10.1. The van der Waals surface area contributed by atoms with Crippen molar-refractivity contribution in [2.45, 2.75) is 6.54 Å². The van der Waals surface area contributed by atoms with Gasteiger partial charge in [0.05, 0.1) is 24.8 Å². The highest BCUT2D eigenvalue weighted by Crippen LogP contribution is 2.36. The number of carbonyl (C=O) groups is 1. The number of halogens is 5. The Labute approximate surface area is 210 Å². The summed E-state index contributed by atoms with van der Waals surface area (Å²) in [6, 6.07) is 12.4. The first-order valence-electron chi connectivity index (χ1n) is 10.1. The van der Waals surface area contributed by atoms with E-state index in [1.807, 2.05) is 30.3 Å². The predicted octanol–water partition coefficient (Wildman–Crippen LogP) is 5.95. The molecule has 0 aliphatic carbocycles. The van der Waals surface area contributed by atoms with Crippen LogP contribution in [0.5, 0.6) is 0 Å². The number of aromatic nitrogens is 2. The quantitative estimate of drug-likeness (QED) is 0.104. The molecule has 2 N–H and O–H groups in total. The lowest BCUT2D eigenvalue weighted by Gasteiger charge is -2.09. The van der Waals surface area contributed by atoms with Crippen LogP contribution in [-0.4, -0.2) is 28.0 Å². The standard InChI is InChI=1S/C23H15F5N4O2S2/c1-34-22(33)12-9-14(11-5-3-2-4-6-11)36-21(12)30-23(35)29-15-7-8-32(31-15)10-13-16(24)18(26)20(28)19(27)17(13)25/h2-9H,10H2,1H3,(H2,29,30,31,35). The largest absolute Gasteiger partial charge is 0.465 e. The van der Waals surface area contributed by atoms with Gasteiger partial charge in [-0.05, 0) is 23.8 Å². The van der Waals surface area contributed by atoms with E-state index in [0.29, 0.717) is 5.00 Å². The number of benzene rings is 2. The van der Waals surface area contributed by atoms with Crippen LogP contribution >= 0.6 is 23.6 Å². The first-order chi connectivity index (χ1) is 17.2. The molecule has 186 valence electrons. The van der Waals surface area contributed by atoms with Crippen LogP contribution in [0, 0.1) is 29.1 Å². The molecule has 0 unspecified atom stereocenters. The number of nitrogens with one attached hydrogen (secondary N) is 2. The molecule has 0 fully saturated rings. The molecule has 13 heteroatoms. The topological polar surface area (TPSA) is 68.2 Å². The molecule has 0 spiro atoms. The lowest BCUT2D eigenvalue weighted by Crippen LogP contribution is -2.20. The summed E-state index contributed by atoms with van der Waals surface area (Å²) in [4.78, 5) is 13.0. The van der Waals surface area contributed by atoms with Crippen LogP contribution in [-0.2, 0) is 11.3 Å². The summed E-state index contributed by atoms with van der Waals surface area (Å²) in [5, 5.41) is 10.1. The fourth-order valence-electron chi connectivity index (χ4n) is 3.21. The summed E-state index contributed by atoms with van der Waals surface area (Å²) in [6.07, 6.45) is 1.27.